The number of hydrogen-bond acceptors (Lipinski definition) is 2. The molecule has 2 N–H and O–H groups in total. The molecule has 3 heteroatoms. The Bertz CT molecular complexity index is 530. The summed E-state index contributed by atoms with van der Waals surface area (Å²) in [7, 11) is 1.71. The summed E-state index contributed by atoms with van der Waals surface area (Å²) in [5, 5.41) is 4.73. The van der Waals surface area contributed by atoms with Gasteiger partial charge in [0, 0.05) is 29.7 Å². The molecule has 16 heavy (non-hydrogen) atoms. The van der Waals surface area contributed by atoms with E-state index in [2.05, 4.69) is 29.4 Å². The van der Waals surface area contributed by atoms with Crippen molar-refractivity contribution in [3.05, 3.63) is 29.5 Å². The van der Waals surface area contributed by atoms with Crippen molar-refractivity contribution < 1.29 is 4.74 Å². The van der Waals surface area contributed by atoms with Crippen LogP contribution in [0.1, 0.15) is 24.1 Å². The maximum Gasteiger partial charge on any atom is 0.119 e. The molecule has 1 aromatic heterocycles. The van der Waals surface area contributed by atoms with Crippen LogP contribution in [0.4, 0.5) is 0 Å². The number of aromatic amines is 1. The van der Waals surface area contributed by atoms with Gasteiger partial charge in [-0.3, -0.25) is 0 Å². The molecule has 0 aliphatic carbocycles. The number of aromatic nitrogens is 1. The number of benzene rings is 1. The Morgan fingerprint density at radius 2 is 2.25 bits per heavy atom. The molecule has 1 atom stereocenters. The maximum atomic E-state index is 5.29. The minimum absolute atomic E-state index is 0.560. The lowest BCUT2D eigenvalue weighted by Gasteiger charge is -2.20. The Hall–Kier alpha value is -1.48. The highest BCUT2D eigenvalue weighted by Crippen LogP contribution is 2.33. The minimum Gasteiger partial charge on any atom is -0.497 e. The summed E-state index contributed by atoms with van der Waals surface area (Å²) in [4.78, 5) is 3.48. The number of fused-ring (bicyclic) bond motifs is 3. The Morgan fingerprint density at radius 3 is 3.06 bits per heavy atom. The van der Waals surface area contributed by atoms with E-state index in [9.17, 15) is 0 Å². The molecule has 84 valence electrons. The summed E-state index contributed by atoms with van der Waals surface area (Å²) < 4.78 is 5.29. The zero-order valence-electron chi connectivity index (χ0n) is 9.63. The van der Waals surface area contributed by atoms with E-state index in [-0.39, 0.29) is 0 Å². The zero-order chi connectivity index (χ0) is 11.1. The molecule has 0 fully saturated rings. The zero-order valence-corrected chi connectivity index (χ0v) is 9.63. The van der Waals surface area contributed by atoms with E-state index in [4.69, 9.17) is 4.74 Å². The summed E-state index contributed by atoms with van der Waals surface area (Å²) in [5.74, 6) is 1.49. The van der Waals surface area contributed by atoms with Crippen LogP contribution in [0.25, 0.3) is 10.9 Å². The normalized spacial score (nSPS) is 19.8. The van der Waals surface area contributed by atoms with Gasteiger partial charge in [0.05, 0.1) is 7.11 Å². The Kier molecular flexibility index (Phi) is 2.14. The van der Waals surface area contributed by atoms with Crippen molar-refractivity contribution in [1.82, 2.24) is 10.3 Å². The fraction of sp³-hybridized carbons (Fsp3) is 0.385. The largest absolute Gasteiger partial charge is 0.497 e. The van der Waals surface area contributed by atoms with Gasteiger partial charge >= 0.3 is 0 Å². The second kappa shape index (κ2) is 3.52. The molecule has 1 unspecified atom stereocenters. The maximum absolute atomic E-state index is 5.29. The summed E-state index contributed by atoms with van der Waals surface area (Å²) in [6, 6.07) is 6.23. The van der Waals surface area contributed by atoms with Crippen molar-refractivity contribution in [3.63, 3.8) is 0 Å². The van der Waals surface area contributed by atoms with Gasteiger partial charge < -0.3 is 15.0 Å². The van der Waals surface area contributed by atoms with E-state index in [1.807, 2.05) is 6.07 Å². The molecule has 0 bridgehead atoms. The summed E-state index contributed by atoms with van der Waals surface area (Å²) in [6.45, 7) is 4.26. The highest BCUT2D eigenvalue weighted by molar-refractivity contribution is 5.86. The number of rotatable bonds is 1. The minimum atomic E-state index is 0.560. The average molecular weight is 216 g/mol. The first-order chi connectivity index (χ1) is 7.79. The van der Waals surface area contributed by atoms with E-state index >= 15 is 0 Å². The highest BCUT2D eigenvalue weighted by atomic mass is 16.5. The standard InChI is InChI=1S/C13H16N2O/c1-8-6-14-7-12-13(8)10-5-9(16-2)3-4-11(10)15-12/h3-5,8,14-15H,6-7H2,1-2H3. The Morgan fingerprint density at radius 1 is 1.38 bits per heavy atom. The monoisotopic (exact) mass is 216 g/mol. The number of ether oxygens (including phenoxy) is 1. The fourth-order valence-electron chi connectivity index (χ4n) is 2.59. The van der Waals surface area contributed by atoms with Crippen molar-refractivity contribution in [3.8, 4) is 5.75 Å². The van der Waals surface area contributed by atoms with Gasteiger partial charge in [0.15, 0.2) is 0 Å². The third-order valence-electron chi connectivity index (χ3n) is 3.37. The van der Waals surface area contributed by atoms with E-state index < -0.39 is 0 Å². The van der Waals surface area contributed by atoms with Gasteiger partial charge in [-0.05, 0) is 29.7 Å². The second-order valence-corrected chi connectivity index (χ2v) is 4.46. The molecule has 0 amide bonds. The Balaban J connectivity index is 2.26. The first-order valence-electron chi connectivity index (χ1n) is 5.69. The fourth-order valence-corrected chi connectivity index (χ4v) is 2.59. The average Bonchev–Trinajstić information content (AvgIpc) is 2.67. The van der Waals surface area contributed by atoms with Gasteiger partial charge in [-0.25, -0.2) is 0 Å². The third kappa shape index (κ3) is 1.32. The molecule has 3 nitrogen and oxygen atoms in total. The predicted octanol–water partition coefficient (Wildman–Crippen LogP) is 2.38. The van der Waals surface area contributed by atoms with Gasteiger partial charge in [-0.2, -0.15) is 0 Å². The van der Waals surface area contributed by atoms with Gasteiger partial charge in [-0.1, -0.05) is 6.92 Å². The molecule has 2 heterocycles. The van der Waals surface area contributed by atoms with Gasteiger partial charge in [0.25, 0.3) is 0 Å². The van der Waals surface area contributed by atoms with Crippen LogP contribution >= 0.6 is 0 Å². The smallest absolute Gasteiger partial charge is 0.119 e. The lowest BCUT2D eigenvalue weighted by molar-refractivity contribution is 0.415. The number of H-pyrrole nitrogens is 1. The van der Waals surface area contributed by atoms with Crippen molar-refractivity contribution in [2.75, 3.05) is 13.7 Å². The molecular formula is C13H16N2O. The van der Waals surface area contributed by atoms with Crippen molar-refractivity contribution in [1.29, 1.82) is 0 Å². The number of nitrogens with one attached hydrogen (secondary N) is 2. The predicted molar refractivity (Wildman–Crippen MR) is 65.0 cm³/mol. The molecule has 2 aromatic rings. The molecular weight excluding hydrogens is 200 g/mol. The van der Waals surface area contributed by atoms with Crippen LogP contribution < -0.4 is 10.1 Å². The second-order valence-electron chi connectivity index (χ2n) is 4.46. The van der Waals surface area contributed by atoms with Crippen LogP contribution in [-0.2, 0) is 6.54 Å². The lowest BCUT2D eigenvalue weighted by Crippen LogP contribution is -2.26. The van der Waals surface area contributed by atoms with Crippen LogP contribution in [0.2, 0.25) is 0 Å². The molecule has 3 rings (SSSR count). The first-order valence-corrected chi connectivity index (χ1v) is 5.69. The molecule has 1 aliphatic rings. The highest BCUT2D eigenvalue weighted by Gasteiger charge is 2.21. The van der Waals surface area contributed by atoms with Crippen molar-refractivity contribution in [2.45, 2.75) is 19.4 Å². The molecule has 0 radical (unpaired) electrons. The summed E-state index contributed by atoms with van der Waals surface area (Å²) >= 11 is 0. The van der Waals surface area contributed by atoms with Gasteiger partial charge in [0.1, 0.15) is 5.75 Å². The summed E-state index contributed by atoms with van der Waals surface area (Å²) in [5.41, 5.74) is 3.98. The summed E-state index contributed by atoms with van der Waals surface area (Å²) in [6.07, 6.45) is 0. The molecule has 1 aromatic carbocycles. The number of methoxy groups -OCH3 is 1. The molecule has 0 saturated heterocycles. The molecule has 0 saturated carbocycles. The van der Waals surface area contributed by atoms with E-state index in [0.29, 0.717) is 5.92 Å². The van der Waals surface area contributed by atoms with Gasteiger partial charge in [0.2, 0.25) is 0 Å². The van der Waals surface area contributed by atoms with Crippen LogP contribution in [0, 0.1) is 0 Å². The van der Waals surface area contributed by atoms with Crippen molar-refractivity contribution >= 4 is 10.9 Å². The Labute approximate surface area is 94.8 Å². The van der Waals surface area contributed by atoms with Crippen LogP contribution in [0.3, 0.4) is 0 Å². The van der Waals surface area contributed by atoms with E-state index in [0.717, 1.165) is 18.8 Å². The van der Waals surface area contributed by atoms with Crippen LogP contribution in [-0.4, -0.2) is 18.6 Å². The lowest BCUT2D eigenvalue weighted by atomic mass is 9.95. The van der Waals surface area contributed by atoms with E-state index in [1.165, 1.54) is 22.2 Å². The van der Waals surface area contributed by atoms with Crippen molar-refractivity contribution in [2.24, 2.45) is 0 Å². The SMILES string of the molecule is COc1ccc2[nH]c3c(c2c1)C(C)CNC3. The number of hydrogen-bond donors (Lipinski definition) is 2. The van der Waals surface area contributed by atoms with E-state index in [1.54, 1.807) is 7.11 Å². The topological polar surface area (TPSA) is 37.0 Å². The first kappa shape index (κ1) is 9.73. The molecule has 1 aliphatic heterocycles. The molecule has 0 spiro atoms. The third-order valence-corrected chi connectivity index (χ3v) is 3.37. The quantitative estimate of drug-likeness (QED) is 0.768. The van der Waals surface area contributed by atoms with Crippen LogP contribution in [0.15, 0.2) is 18.2 Å². The van der Waals surface area contributed by atoms with Crippen LogP contribution in [0.5, 0.6) is 5.75 Å². The van der Waals surface area contributed by atoms with Gasteiger partial charge in [-0.15, -0.1) is 0 Å².